The summed E-state index contributed by atoms with van der Waals surface area (Å²) >= 11 is 0. The van der Waals surface area contributed by atoms with Gasteiger partial charge < -0.3 is 10.4 Å². The average molecular weight is 247 g/mol. The number of amides is 1. The third kappa shape index (κ3) is 3.20. The summed E-state index contributed by atoms with van der Waals surface area (Å²) in [4.78, 5) is 22.3. The summed E-state index contributed by atoms with van der Waals surface area (Å²) in [5.74, 6) is -1.50. The van der Waals surface area contributed by atoms with Crippen LogP contribution >= 0.6 is 0 Å². The zero-order valence-electron chi connectivity index (χ0n) is 10.5. The van der Waals surface area contributed by atoms with E-state index < -0.39 is 5.97 Å². The van der Waals surface area contributed by atoms with E-state index in [4.69, 9.17) is 5.11 Å². The molecule has 0 saturated heterocycles. The van der Waals surface area contributed by atoms with Crippen molar-refractivity contribution in [3.05, 3.63) is 47.7 Å². The molecule has 1 amide bonds. The van der Waals surface area contributed by atoms with Gasteiger partial charge in [0.2, 0.25) is 5.91 Å². The number of carboxylic acid groups (broad SMARTS) is 1. The standard InChI is InChI=1S/C12H11NO3.C2H6/c14-11-6-9(8-4-2-1-3-5-8)10(7-13-11)12(15)16;1-2/h1-5,7,9H,6H2,(H,13,14)(H,15,16);1-2H3. The lowest BCUT2D eigenvalue weighted by Gasteiger charge is -2.21. The van der Waals surface area contributed by atoms with Crippen molar-refractivity contribution in [1.82, 2.24) is 5.32 Å². The van der Waals surface area contributed by atoms with E-state index in [0.29, 0.717) is 0 Å². The number of carbonyl (C=O) groups excluding carboxylic acids is 1. The zero-order chi connectivity index (χ0) is 13.5. The molecule has 0 aliphatic carbocycles. The highest BCUT2D eigenvalue weighted by Gasteiger charge is 2.28. The molecule has 0 spiro atoms. The minimum atomic E-state index is -0.992. The fourth-order valence-corrected chi connectivity index (χ4v) is 1.81. The maximum atomic E-state index is 11.3. The van der Waals surface area contributed by atoms with Gasteiger partial charge in [0.1, 0.15) is 0 Å². The van der Waals surface area contributed by atoms with Gasteiger partial charge in [-0.05, 0) is 5.56 Å². The first-order valence-electron chi connectivity index (χ1n) is 5.96. The van der Waals surface area contributed by atoms with Crippen LogP contribution < -0.4 is 5.32 Å². The van der Waals surface area contributed by atoms with Gasteiger partial charge >= 0.3 is 5.97 Å². The van der Waals surface area contributed by atoms with E-state index in [1.54, 1.807) is 0 Å². The molecule has 1 unspecified atom stereocenters. The van der Waals surface area contributed by atoms with Crippen molar-refractivity contribution in [1.29, 1.82) is 0 Å². The largest absolute Gasteiger partial charge is 0.478 e. The van der Waals surface area contributed by atoms with Gasteiger partial charge in [0, 0.05) is 18.5 Å². The molecule has 18 heavy (non-hydrogen) atoms. The minimum absolute atomic E-state index is 0.154. The lowest BCUT2D eigenvalue weighted by Crippen LogP contribution is -2.29. The highest BCUT2D eigenvalue weighted by molar-refractivity contribution is 5.93. The van der Waals surface area contributed by atoms with Gasteiger partial charge in [0.25, 0.3) is 0 Å². The lowest BCUT2D eigenvalue weighted by atomic mass is 9.87. The van der Waals surface area contributed by atoms with E-state index in [9.17, 15) is 9.59 Å². The smallest absolute Gasteiger partial charge is 0.333 e. The molecule has 0 aromatic heterocycles. The second kappa shape index (κ2) is 6.59. The first-order chi connectivity index (χ1) is 8.68. The van der Waals surface area contributed by atoms with Crippen LogP contribution in [-0.4, -0.2) is 17.0 Å². The molecule has 2 rings (SSSR count). The Morgan fingerprint density at radius 2 is 1.89 bits per heavy atom. The Labute approximate surface area is 106 Å². The monoisotopic (exact) mass is 247 g/mol. The Bertz CT molecular complexity index is 451. The van der Waals surface area contributed by atoms with Crippen LogP contribution in [0, 0.1) is 0 Å². The van der Waals surface area contributed by atoms with Crippen LogP contribution in [0.1, 0.15) is 31.7 Å². The fourth-order valence-electron chi connectivity index (χ4n) is 1.81. The Balaban J connectivity index is 0.000000771. The summed E-state index contributed by atoms with van der Waals surface area (Å²) in [5.41, 5.74) is 1.08. The maximum absolute atomic E-state index is 11.3. The second-order valence-electron chi connectivity index (χ2n) is 3.64. The van der Waals surface area contributed by atoms with Crippen LogP contribution in [0.3, 0.4) is 0 Å². The predicted molar refractivity (Wildman–Crippen MR) is 69.0 cm³/mol. The second-order valence-corrected chi connectivity index (χ2v) is 3.64. The van der Waals surface area contributed by atoms with E-state index in [1.165, 1.54) is 6.20 Å². The molecular formula is C14H17NO3. The van der Waals surface area contributed by atoms with Crippen LogP contribution in [-0.2, 0) is 9.59 Å². The molecule has 0 radical (unpaired) electrons. The normalized spacial score (nSPS) is 18.0. The quantitative estimate of drug-likeness (QED) is 0.842. The Kier molecular flexibility index (Phi) is 5.11. The molecule has 1 aliphatic heterocycles. The summed E-state index contributed by atoms with van der Waals surface area (Å²) in [5, 5.41) is 11.5. The summed E-state index contributed by atoms with van der Waals surface area (Å²) in [6, 6.07) is 9.19. The number of carboxylic acids is 1. The van der Waals surface area contributed by atoms with E-state index in [1.807, 2.05) is 44.2 Å². The number of aliphatic carboxylic acids is 1. The number of hydrogen-bond acceptors (Lipinski definition) is 2. The summed E-state index contributed by atoms with van der Waals surface area (Å²) in [7, 11) is 0. The van der Waals surface area contributed by atoms with Gasteiger partial charge in [0.15, 0.2) is 0 Å². The van der Waals surface area contributed by atoms with Crippen molar-refractivity contribution < 1.29 is 14.7 Å². The molecule has 0 bridgehead atoms. The molecule has 4 nitrogen and oxygen atoms in total. The number of carbonyl (C=O) groups is 2. The first kappa shape index (κ1) is 14.0. The first-order valence-corrected chi connectivity index (χ1v) is 5.96. The van der Waals surface area contributed by atoms with Gasteiger partial charge in [-0.15, -0.1) is 0 Å². The lowest BCUT2D eigenvalue weighted by molar-refractivity contribution is -0.133. The fraction of sp³-hybridized carbons (Fsp3) is 0.286. The van der Waals surface area contributed by atoms with E-state index in [2.05, 4.69) is 5.32 Å². The number of benzene rings is 1. The molecule has 96 valence electrons. The minimum Gasteiger partial charge on any atom is -0.478 e. The van der Waals surface area contributed by atoms with Crippen LogP contribution in [0.25, 0.3) is 0 Å². The van der Waals surface area contributed by atoms with Crippen LogP contribution in [0.5, 0.6) is 0 Å². The summed E-state index contributed by atoms with van der Waals surface area (Å²) in [6.45, 7) is 4.00. The molecule has 4 heteroatoms. The van der Waals surface area contributed by atoms with Crippen molar-refractivity contribution in [3.63, 3.8) is 0 Å². The molecule has 2 N–H and O–H groups in total. The zero-order valence-corrected chi connectivity index (χ0v) is 10.5. The van der Waals surface area contributed by atoms with Gasteiger partial charge in [0.05, 0.1) is 5.57 Å². The van der Waals surface area contributed by atoms with Gasteiger partial charge in [-0.25, -0.2) is 4.79 Å². The van der Waals surface area contributed by atoms with Crippen LogP contribution in [0.15, 0.2) is 42.1 Å². The molecule has 1 heterocycles. The molecule has 1 atom stereocenters. The van der Waals surface area contributed by atoms with Crippen molar-refractivity contribution in [2.24, 2.45) is 0 Å². The Hall–Kier alpha value is -2.10. The Morgan fingerprint density at radius 1 is 1.28 bits per heavy atom. The van der Waals surface area contributed by atoms with E-state index in [-0.39, 0.29) is 23.8 Å². The van der Waals surface area contributed by atoms with Crippen molar-refractivity contribution in [2.75, 3.05) is 0 Å². The van der Waals surface area contributed by atoms with Crippen molar-refractivity contribution >= 4 is 11.9 Å². The van der Waals surface area contributed by atoms with Gasteiger partial charge in [-0.3, -0.25) is 4.79 Å². The third-order valence-electron chi connectivity index (χ3n) is 2.60. The maximum Gasteiger partial charge on any atom is 0.333 e. The highest BCUT2D eigenvalue weighted by Crippen LogP contribution is 2.29. The van der Waals surface area contributed by atoms with E-state index >= 15 is 0 Å². The highest BCUT2D eigenvalue weighted by atomic mass is 16.4. The molecule has 0 fully saturated rings. The molecule has 1 aliphatic rings. The van der Waals surface area contributed by atoms with E-state index in [0.717, 1.165) is 5.56 Å². The summed E-state index contributed by atoms with van der Waals surface area (Å²) in [6.07, 6.45) is 1.47. The van der Waals surface area contributed by atoms with Gasteiger partial charge in [-0.2, -0.15) is 0 Å². The Morgan fingerprint density at radius 3 is 2.44 bits per heavy atom. The number of hydrogen-bond donors (Lipinski definition) is 2. The van der Waals surface area contributed by atoms with Crippen LogP contribution in [0.2, 0.25) is 0 Å². The number of nitrogens with one attached hydrogen (secondary N) is 1. The molecule has 1 aromatic rings. The molecular weight excluding hydrogens is 230 g/mol. The topological polar surface area (TPSA) is 66.4 Å². The van der Waals surface area contributed by atoms with Crippen molar-refractivity contribution in [2.45, 2.75) is 26.2 Å². The van der Waals surface area contributed by atoms with Gasteiger partial charge in [-0.1, -0.05) is 44.2 Å². The van der Waals surface area contributed by atoms with Crippen molar-refractivity contribution in [3.8, 4) is 0 Å². The molecule has 0 saturated carbocycles. The average Bonchev–Trinajstić information content (AvgIpc) is 2.41. The molecule has 1 aromatic carbocycles. The third-order valence-corrected chi connectivity index (χ3v) is 2.60. The number of rotatable bonds is 2. The summed E-state index contributed by atoms with van der Waals surface area (Å²) < 4.78 is 0. The predicted octanol–water partition coefficient (Wildman–Crippen LogP) is 2.28. The SMILES string of the molecule is CC.O=C1CC(c2ccccc2)C(C(=O)O)=CN1. The van der Waals surface area contributed by atoms with Crippen LogP contribution in [0.4, 0.5) is 0 Å².